The van der Waals surface area contributed by atoms with E-state index in [0.717, 1.165) is 4.57 Å². The number of likely N-dealkylation sites (N-methyl/N-ethyl adjacent to an activating group) is 1. The van der Waals surface area contributed by atoms with Crippen LogP contribution < -0.4 is 11.2 Å². The smallest absolute Gasteiger partial charge is 0.330 e. The number of esters is 1. The minimum Gasteiger partial charge on any atom is -0.465 e. The standard InChI is InChI=1S/C13H19N5O4/c1-4-22-9(19)7-17-8-14-11-10(17)12(20)18(13(21)15-11)6-5-16(2)3/h8H,4-7H2,1-3H3,(H,15,21). The van der Waals surface area contributed by atoms with Crippen LogP contribution in [0.5, 0.6) is 0 Å². The third-order valence-corrected chi connectivity index (χ3v) is 3.13. The molecule has 0 atom stereocenters. The van der Waals surface area contributed by atoms with Crippen LogP contribution in [-0.4, -0.2) is 57.2 Å². The van der Waals surface area contributed by atoms with Crippen LogP contribution in [0.25, 0.3) is 11.2 Å². The van der Waals surface area contributed by atoms with Gasteiger partial charge in [0.25, 0.3) is 5.56 Å². The van der Waals surface area contributed by atoms with Crippen molar-refractivity contribution in [1.82, 2.24) is 24.0 Å². The summed E-state index contributed by atoms with van der Waals surface area (Å²) in [6.45, 7) is 2.63. The van der Waals surface area contributed by atoms with E-state index in [1.165, 1.54) is 10.9 Å². The highest BCUT2D eigenvalue weighted by molar-refractivity contribution is 5.74. The molecule has 2 heterocycles. The quantitative estimate of drug-likeness (QED) is 0.688. The molecular formula is C13H19N5O4. The van der Waals surface area contributed by atoms with E-state index in [1.807, 2.05) is 19.0 Å². The van der Waals surface area contributed by atoms with Gasteiger partial charge in [0, 0.05) is 13.1 Å². The highest BCUT2D eigenvalue weighted by atomic mass is 16.5. The van der Waals surface area contributed by atoms with Crippen molar-refractivity contribution in [3.63, 3.8) is 0 Å². The molecule has 0 aromatic carbocycles. The summed E-state index contributed by atoms with van der Waals surface area (Å²) in [4.78, 5) is 44.4. The Bertz CT molecular complexity index is 786. The maximum Gasteiger partial charge on any atom is 0.330 e. The number of hydrogen-bond donors (Lipinski definition) is 1. The van der Waals surface area contributed by atoms with E-state index in [9.17, 15) is 14.4 Å². The largest absolute Gasteiger partial charge is 0.465 e. The van der Waals surface area contributed by atoms with E-state index < -0.39 is 17.2 Å². The fraction of sp³-hybridized carbons (Fsp3) is 0.538. The second-order valence-corrected chi connectivity index (χ2v) is 5.06. The lowest BCUT2D eigenvalue weighted by Crippen LogP contribution is -2.38. The predicted molar refractivity (Wildman–Crippen MR) is 79.8 cm³/mol. The van der Waals surface area contributed by atoms with Crippen molar-refractivity contribution in [2.75, 3.05) is 27.2 Å². The van der Waals surface area contributed by atoms with E-state index >= 15 is 0 Å². The second-order valence-electron chi connectivity index (χ2n) is 5.06. The van der Waals surface area contributed by atoms with Gasteiger partial charge < -0.3 is 14.2 Å². The normalized spacial score (nSPS) is 11.3. The number of nitrogens with one attached hydrogen (secondary N) is 1. The van der Waals surface area contributed by atoms with E-state index in [-0.39, 0.29) is 30.9 Å². The van der Waals surface area contributed by atoms with Gasteiger partial charge in [-0.2, -0.15) is 0 Å². The van der Waals surface area contributed by atoms with Crippen molar-refractivity contribution in [2.24, 2.45) is 0 Å². The van der Waals surface area contributed by atoms with E-state index in [2.05, 4.69) is 9.97 Å². The molecule has 0 aliphatic rings. The van der Waals surface area contributed by atoms with Crippen LogP contribution in [0, 0.1) is 0 Å². The zero-order valence-electron chi connectivity index (χ0n) is 12.8. The molecule has 2 aromatic heterocycles. The molecule has 0 aliphatic heterocycles. The van der Waals surface area contributed by atoms with Crippen molar-refractivity contribution in [1.29, 1.82) is 0 Å². The van der Waals surface area contributed by atoms with Gasteiger partial charge in [-0.15, -0.1) is 0 Å². The molecule has 2 rings (SSSR count). The average Bonchev–Trinajstić information content (AvgIpc) is 2.81. The maximum absolute atomic E-state index is 12.5. The fourth-order valence-electron chi connectivity index (χ4n) is 2.06. The van der Waals surface area contributed by atoms with Crippen LogP contribution in [0.1, 0.15) is 6.92 Å². The molecule has 2 aromatic rings. The summed E-state index contributed by atoms with van der Waals surface area (Å²) in [5.74, 6) is -0.466. The van der Waals surface area contributed by atoms with Crippen LogP contribution in [0.15, 0.2) is 15.9 Å². The van der Waals surface area contributed by atoms with Gasteiger partial charge in [-0.05, 0) is 21.0 Å². The molecule has 0 unspecified atom stereocenters. The van der Waals surface area contributed by atoms with Crippen molar-refractivity contribution in [2.45, 2.75) is 20.0 Å². The Morgan fingerprint density at radius 3 is 2.77 bits per heavy atom. The Morgan fingerprint density at radius 2 is 2.14 bits per heavy atom. The molecule has 9 heteroatoms. The monoisotopic (exact) mass is 309 g/mol. The number of H-pyrrole nitrogens is 1. The number of ether oxygens (including phenoxy) is 1. The van der Waals surface area contributed by atoms with Gasteiger partial charge in [-0.25, -0.2) is 9.78 Å². The number of nitrogens with zero attached hydrogens (tertiary/aromatic N) is 4. The number of rotatable bonds is 6. The van der Waals surface area contributed by atoms with Gasteiger partial charge in [0.05, 0.1) is 12.9 Å². The van der Waals surface area contributed by atoms with Gasteiger partial charge in [0.1, 0.15) is 6.54 Å². The van der Waals surface area contributed by atoms with Crippen molar-refractivity contribution < 1.29 is 9.53 Å². The number of imidazole rings is 1. The highest BCUT2D eigenvalue weighted by Crippen LogP contribution is 2.03. The lowest BCUT2D eigenvalue weighted by molar-refractivity contribution is -0.143. The first-order valence-corrected chi connectivity index (χ1v) is 6.92. The van der Waals surface area contributed by atoms with Crippen LogP contribution in [0.4, 0.5) is 0 Å². The zero-order chi connectivity index (χ0) is 16.3. The fourth-order valence-corrected chi connectivity index (χ4v) is 2.06. The number of aromatic nitrogens is 4. The summed E-state index contributed by atoms with van der Waals surface area (Å²) in [5, 5.41) is 0. The third kappa shape index (κ3) is 3.25. The lowest BCUT2D eigenvalue weighted by Gasteiger charge is -2.10. The Labute approximate surface area is 126 Å². The maximum atomic E-state index is 12.5. The molecule has 0 amide bonds. The second kappa shape index (κ2) is 6.56. The molecule has 0 saturated carbocycles. The van der Waals surface area contributed by atoms with Crippen molar-refractivity contribution >= 4 is 17.1 Å². The first-order chi connectivity index (χ1) is 10.4. The lowest BCUT2D eigenvalue weighted by atomic mass is 10.4. The summed E-state index contributed by atoms with van der Waals surface area (Å²) in [5.41, 5.74) is -0.630. The zero-order valence-corrected chi connectivity index (χ0v) is 12.8. The highest BCUT2D eigenvalue weighted by Gasteiger charge is 2.15. The number of carbonyl (C=O) groups excluding carboxylic acids is 1. The summed E-state index contributed by atoms with van der Waals surface area (Å²) in [6, 6.07) is 0. The van der Waals surface area contributed by atoms with Gasteiger partial charge in [-0.1, -0.05) is 0 Å². The van der Waals surface area contributed by atoms with E-state index in [4.69, 9.17) is 4.74 Å². The van der Waals surface area contributed by atoms with Crippen molar-refractivity contribution in [3.8, 4) is 0 Å². The Kier molecular flexibility index (Phi) is 4.76. The topological polar surface area (TPSA) is 102 Å². The molecule has 9 nitrogen and oxygen atoms in total. The molecule has 22 heavy (non-hydrogen) atoms. The number of hydrogen-bond acceptors (Lipinski definition) is 6. The van der Waals surface area contributed by atoms with Gasteiger partial charge in [0.15, 0.2) is 11.2 Å². The first-order valence-electron chi connectivity index (χ1n) is 6.92. The Morgan fingerprint density at radius 1 is 1.41 bits per heavy atom. The molecule has 0 fully saturated rings. The van der Waals surface area contributed by atoms with Crippen LogP contribution in [-0.2, 0) is 22.6 Å². The van der Waals surface area contributed by atoms with Crippen LogP contribution in [0.2, 0.25) is 0 Å². The van der Waals surface area contributed by atoms with Gasteiger partial charge in [0.2, 0.25) is 0 Å². The van der Waals surface area contributed by atoms with Gasteiger partial charge in [-0.3, -0.25) is 19.1 Å². The number of aromatic amines is 1. The molecule has 0 saturated heterocycles. The molecular weight excluding hydrogens is 290 g/mol. The summed E-state index contributed by atoms with van der Waals surface area (Å²) in [7, 11) is 3.70. The van der Waals surface area contributed by atoms with Gasteiger partial charge >= 0.3 is 11.7 Å². The number of carbonyl (C=O) groups is 1. The molecule has 0 spiro atoms. The van der Waals surface area contributed by atoms with Crippen molar-refractivity contribution in [3.05, 3.63) is 27.2 Å². The summed E-state index contributed by atoms with van der Waals surface area (Å²) >= 11 is 0. The minimum atomic E-state index is -0.513. The third-order valence-electron chi connectivity index (χ3n) is 3.13. The first kappa shape index (κ1) is 16.0. The molecule has 0 bridgehead atoms. The van der Waals surface area contributed by atoms with Crippen LogP contribution in [0.3, 0.4) is 0 Å². The average molecular weight is 309 g/mol. The Balaban J connectivity index is 2.45. The summed E-state index contributed by atoms with van der Waals surface area (Å²) < 4.78 is 7.35. The molecule has 0 aliphatic carbocycles. The Hall–Kier alpha value is -2.42. The predicted octanol–water partition coefficient (Wildman–Crippen LogP) is -0.989. The van der Waals surface area contributed by atoms with E-state index in [0.29, 0.717) is 6.54 Å². The number of fused-ring (bicyclic) bond motifs is 1. The summed E-state index contributed by atoms with van der Waals surface area (Å²) in [6.07, 6.45) is 1.34. The molecule has 1 N–H and O–H groups in total. The molecule has 120 valence electrons. The minimum absolute atomic E-state index is 0.126. The SMILES string of the molecule is CCOC(=O)Cn1cnc2[nH]c(=O)n(CCN(C)C)c(=O)c21. The van der Waals surface area contributed by atoms with Crippen LogP contribution >= 0.6 is 0 Å². The van der Waals surface area contributed by atoms with E-state index in [1.54, 1.807) is 6.92 Å². The molecule has 0 radical (unpaired) electrons.